The molecule has 2 heterocycles. The monoisotopic (exact) mass is 401 g/mol. The number of amides is 1. The number of aromatic nitrogens is 1. The van der Waals surface area contributed by atoms with Gasteiger partial charge >= 0.3 is 12.1 Å². The molecule has 0 aliphatic carbocycles. The van der Waals surface area contributed by atoms with E-state index in [1.807, 2.05) is 12.3 Å². The number of rotatable bonds is 3. The number of alkyl halides is 3. The van der Waals surface area contributed by atoms with Crippen LogP contribution in [0.25, 0.3) is 10.4 Å². The van der Waals surface area contributed by atoms with Gasteiger partial charge in [-0.1, -0.05) is 41.2 Å². The number of nitrogens with zero attached hydrogens (tertiary/aromatic N) is 1. The lowest BCUT2D eigenvalue weighted by atomic mass is 10.1. The Morgan fingerprint density at radius 1 is 1.37 bits per heavy atom. The van der Waals surface area contributed by atoms with Gasteiger partial charge in [-0.05, 0) is 25.5 Å². The van der Waals surface area contributed by atoms with Gasteiger partial charge in [0.05, 0.1) is 10.8 Å². The molecule has 146 valence electrons. The molecular weight excluding hydrogens is 383 g/mol. The SMILES string of the molecule is Cc1cccc(-c2cnc(NC(=O)C3CCNC3)s2)c1.O=C(O)C(F)(F)F. The van der Waals surface area contributed by atoms with Crippen molar-refractivity contribution in [3.8, 4) is 10.4 Å². The first-order chi connectivity index (χ1) is 12.7. The molecular formula is C17H18F3N3O3S. The summed E-state index contributed by atoms with van der Waals surface area (Å²) >= 11 is 1.52. The molecule has 10 heteroatoms. The van der Waals surface area contributed by atoms with Gasteiger partial charge in [-0.3, -0.25) is 4.79 Å². The van der Waals surface area contributed by atoms with Gasteiger partial charge in [-0.15, -0.1) is 0 Å². The highest BCUT2D eigenvalue weighted by Gasteiger charge is 2.38. The first kappa shape index (κ1) is 20.8. The topological polar surface area (TPSA) is 91.3 Å². The minimum Gasteiger partial charge on any atom is -0.475 e. The summed E-state index contributed by atoms with van der Waals surface area (Å²) in [6.45, 7) is 3.76. The molecule has 1 unspecified atom stereocenters. The van der Waals surface area contributed by atoms with E-state index in [0.29, 0.717) is 5.13 Å². The van der Waals surface area contributed by atoms with E-state index in [-0.39, 0.29) is 11.8 Å². The molecule has 2 aromatic rings. The third-order valence-corrected chi connectivity index (χ3v) is 4.67. The number of aliphatic carboxylic acids is 1. The van der Waals surface area contributed by atoms with Crippen molar-refractivity contribution >= 4 is 28.3 Å². The largest absolute Gasteiger partial charge is 0.490 e. The van der Waals surface area contributed by atoms with Crippen LogP contribution < -0.4 is 10.6 Å². The van der Waals surface area contributed by atoms with Gasteiger partial charge in [0.1, 0.15) is 0 Å². The third kappa shape index (κ3) is 6.33. The van der Waals surface area contributed by atoms with Crippen LogP contribution in [0.2, 0.25) is 0 Å². The molecule has 1 saturated heterocycles. The summed E-state index contributed by atoms with van der Waals surface area (Å²) in [6, 6.07) is 8.29. The zero-order valence-electron chi connectivity index (χ0n) is 14.3. The molecule has 6 nitrogen and oxygen atoms in total. The van der Waals surface area contributed by atoms with E-state index < -0.39 is 12.1 Å². The normalized spacial score (nSPS) is 16.4. The van der Waals surface area contributed by atoms with Crippen LogP contribution in [-0.2, 0) is 9.59 Å². The average Bonchev–Trinajstić information content (AvgIpc) is 3.26. The molecule has 0 radical (unpaired) electrons. The first-order valence-corrected chi connectivity index (χ1v) is 8.83. The van der Waals surface area contributed by atoms with Crippen LogP contribution in [-0.4, -0.2) is 41.2 Å². The fraction of sp³-hybridized carbons (Fsp3) is 0.353. The van der Waals surface area contributed by atoms with Gasteiger partial charge < -0.3 is 15.7 Å². The van der Waals surface area contributed by atoms with Crippen LogP contribution in [0.15, 0.2) is 30.5 Å². The standard InChI is InChI=1S/C15H17N3OS.C2HF3O2/c1-10-3-2-4-11(7-10)13-9-17-15(20-13)18-14(19)12-5-6-16-8-12;3-2(4,5)1(6)7/h2-4,7,9,12,16H,5-6,8H2,1H3,(H,17,18,19);(H,6,7). The number of halogens is 3. The minimum absolute atomic E-state index is 0.0696. The maximum absolute atomic E-state index is 12.0. The highest BCUT2D eigenvalue weighted by molar-refractivity contribution is 7.19. The Labute approximate surface area is 157 Å². The highest BCUT2D eigenvalue weighted by atomic mass is 32.1. The molecule has 1 aliphatic heterocycles. The van der Waals surface area contributed by atoms with Crippen LogP contribution >= 0.6 is 11.3 Å². The van der Waals surface area contributed by atoms with Crippen molar-refractivity contribution in [3.05, 3.63) is 36.0 Å². The number of hydrogen-bond donors (Lipinski definition) is 3. The highest BCUT2D eigenvalue weighted by Crippen LogP contribution is 2.29. The van der Waals surface area contributed by atoms with Crippen molar-refractivity contribution in [1.82, 2.24) is 10.3 Å². The molecule has 27 heavy (non-hydrogen) atoms. The van der Waals surface area contributed by atoms with Crippen molar-refractivity contribution in [2.45, 2.75) is 19.5 Å². The molecule has 1 amide bonds. The second-order valence-electron chi connectivity index (χ2n) is 5.88. The molecule has 0 spiro atoms. The molecule has 1 atom stereocenters. The Morgan fingerprint density at radius 3 is 2.63 bits per heavy atom. The molecule has 3 rings (SSSR count). The number of carboxylic acids is 1. The molecule has 1 aliphatic rings. The fourth-order valence-electron chi connectivity index (χ4n) is 2.35. The first-order valence-electron chi connectivity index (χ1n) is 8.01. The lowest BCUT2D eigenvalue weighted by Crippen LogP contribution is -2.24. The Bertz CT molecular complexity index is 802. The second-order valence-corrected chi connectivity index (χ2v) is 6.91. The van der Waals surface area contributed by atoms with E-state index in [1.165, 1.54) is 16.9 Å². The van der Waals surface area contributed by atoms with Crippen LogP contribution in [0.4, 0.5) is 18.3 Å². The summed E-state index contributed by atoms with van der Waals surface area (Å²) in [5, 5.41) is 13.9. The van der Waals surface area contributed by atoms with Crippen LogP contribution in [0.1, 0.15) is 12.0 Å². The van der Waals surface area contributed by atoms with E-state index in [9.17, 15) is 18.0 Å². The van der Waals surface area contributed by atoms with Crippen LogP contribution in [0.3, 0.4) is 0 Å². The van der Waals surface area contributed by atoms with Gasteiger partial charge in [-0.2, -0.15) is 13.2 Å². The van der Waals surface area contributed by atoms with Crippen molar-refractivity contribution in [2.75, 3.05) is 18.4 Å². The van der Waals surface area contributed by atoms with E-state index in [0.717, 1.165) is 30.0 Å². The zero-order valence-corrected chi connectivity index (χ0v) is 15.2. The maximum Gasteiger partial charge on any atom is 0.490 e. The Morgan fingerprint density at radius 2 is 2.07 bits per heavy atom. The van der Waals surface area contributed by atoms with Crippen LogP contribution in [0.5, 0.6) is 0 Å². The number of aryl methyl sites for hydroxylation is 1. The predicted octanol–water partition coefficient (Wildman–Crippen LogP) is 3.30. The van der Waals surface area contributed by atoms with Crippen molar-refractivity contribution in [3.63, 3.8) is 0 Å². The second kappa shape index (κ2) is 8.96. The average molecular weight is 401 g/mol. The lowest BCUT2D eigenvalue weighted by molar-refractivity contribution is -0.192. The molecule has 0 saturated carbocycles. The summed E-state index contributed by atoms with van der Waals surface area (Å²) in [5.74, 6) is -2.62. The Hall–Kier alpha value is -2.46. The summed E-state index contributed by atoms with van der Waals surface area (Å²) in [4.78, 5) is 26.3. The van der Waals surface area contributed by atoms with E-state index in [2.05, 4.69) is 40.7 Å². The third-order valence-electron chi connectivity index (χ3n) is 3.71. The predicted molar refractivity (Wildman–Crippen MR) is 95.6 cm³/mol. The fourth-order valence-corrected chi connectivity index (χ4v) is 3.17. The molecule has 1 aromatic heterocycles. The smallest absolute Gasteiger partial charge is 0.475 e. The molecule has 3 N–H and O–H groups in total. The number of thiazole rings is 1. The summed E-state index contributed by atoms with van der Waals surface area (Å²) in [7, 11) is 0. The Balaban J connectivity index is 0.000000321. The number of carboxylic acid groups (broad SMARTS) is 1. The summed E-state index contributed by atoms with van der Waals surface area (Å²) in [6.07, 6.45) is -2.36. The lowest BCUT2D eigenvalue weighted by Gasteiger charge is -2.06. The number of anilines is 1. The van der Waals surface area contributed by atoms with Crippen molar-refractivity contribution < 1.29 is 27.9 Å². The number of nitrogens with one attached hydrogen (secondary N) is 2. The van der Waals surface area contributed by atoms with Crippen LogP contribution in [0, 0.1) is 12.8 Å². The van der Waals surface area contributed by atoms with Crippen molar-refractivity contribution in [1.29, 1.82) is 0 Å². The minimum atomic E-state index is -5.08. The van der Waals surface area contributed by atoms with Gasteiger partial charge in [0, 0.05) is 12.7 Å². The summed E-state index contributed by atoms with van der Waals surface area (Å²) in [5.41, 5.74) is 2.36. The van der Waals surface area contributed by atoms with Gasteiger partial charge in [0.2, 0.25) is 5.91 Å². The number of carbonyl (C=O) groups is 2. The molecule has 1 aromatic carbocycles. The Kier molecular flexibility index (Phi) is 6.92. The maximum atomic E-state index is 12.0. The quantitative estimate of drug-likeness (QED) is 0.734. The molecule has 0 bridgehead atoms. The zero-order chi connectivity index (χ0) is 20.0. The van der Waals surface area contributed by atoms with Gasteiger partial charge in [0.15, 0.2) is 5.13 Å². The molecule has 1 fully saturated rings. The number of benzene rings is 1. The number of hydrogen-bond acceptors (Lipinski definition) is 5. The summed E-state index contributed by atoms with van der Waals surface area (Å²) < 4.78 is 31.7. The van der Waals surface area contributed by atoms with E-state index >= 15 is 0 Å². The van der Waals surface area contributed by atoms with Gasteiger partial charge in [0.25, 0.3) is 0 Å². The van der Waals surface area contributed by atoms with Gasteiger partial charge in [-0.25, -0.2) is 9.78 Å². The van der Waals surface area contributed by atoms with E-state index in [1.54, 1.807) is 0 Å². The van der Waals surface area contributed by atoms with Crippen molar-refractivity contribution in [2.24, 2.45) is 5.92 Å². The number of carbonyl (C=O) groups excluding carboxylic acids is 1. The van der Waals surface area contributed by atoms with E-state index in [4.69, 9.17) is 9.90 Å².